The van der Waals surface area contributed by atoms with Crippen molar-refractivity contribution >= 4 is 39.5 Å². The lowest BCUT2D eigenvalue weighted by atomic mass is 10.1. The van der Waals surface area contributed by atoms with Gasteiger partial charge in [0.25, 0.3) is 17.5 Å². The smallest absolute Gasteiger partial charge is 0.269 e. The number of nitro benzene ring substituents is 1. The van der Waals surface area contributed by atoms with Crippen LogP contribution in [0.15, 0.2) is 48.5 Å². The fraction of sp³-hybridized carbons (Fsp3) is 0.182. The summed E-state index contributed by atoms with van der Waals surface area (Å²) in [5.74, 6) is -0.205. The van der Waals surface area contributed by atoms with Crippen LogP contribution in [0.4, 0.5) is 16.4 Å². The maximum atomic E-state index is 13.2. The molecule has 2 aromatic carbocycles. The molecule has 158 valence electrons. The Morgan fingerprint density at radius 3 is 2.48 bits per heavy atom. The lowest BCUT2D eigenvalue weighted by Crippen LogP contribution is -2.18. The highest BCUT2D eigenvalue weighted by Gasteiger charge is 2.28. The van der Waals surface area contributed by atoms with E-state index in [4.69, 9.17) is 4.74 Å². The van der Waals surface area contributed by atoms with Crippen molar-refractivity contribution in [1.82, 2.24) is 0 Å². The molecule has 1 aromatic heterocycles. The number of benzene rings is 2. The van der Waals surface area contributed by atoms with Gasteiger partial charge in [-0.05, 0) is 49.1 Å². The molecule has 0 saturated heterocycles. The van der Waals surface area contributed by atoms with Crippen molar-refractivity contribution in [3.8, 4) is 5.75 Å². The number of carbonyl (C=O) groups is 2. The average molecular weight is 437 g/mol. The number of para-hydroxylation sites is 2. The monoisotopic (exact) mass is 437 g/mol. The van der Waals surface area contributed by atoms with E-state index in [1.807, 2.05) is 6.07 Å². The molecule has 0 unspecified atom stereocenters. The maximum Gasteiger partial charge on any atom is 0.269 e. The summed E-state index contributed by atoms with van der Waals surface area (Å²) in [7, 11) is 1.53. The number of amides is 2. The molecule has 0 saturated carbocycles. The third kappa shape index (κ3) is 4.13. The minimum atomic E-state index is -0.522. The van der Waals surface area contributed by atoms with Crippen LogP contribution in [0, 0.1) is 10.1 Å². The fourth-order valence-electron chi connectivity index (χ4n) is 3.58. The Hall–Kier alpha value is -3.72. The summed E-state index contributed by atoms with van der Waals surface area (Å²) in [4.78, 5) is 37.3. The summed E-state index contributed by atoms with van der Waals surface area (Å²) in [5, 5.41) is 17.0. The van der Waals surface area contributed by atoms with E-state index in [0.29, 0.717) is 22.0 Å². The summed E-state index contributed by atoms with van der Waals surface area (Å²) in [6.45, 7) is 0. The molecule has 2 N–H and O–H groups in total. The van der Waals surface area contributed by atoms with Crippen LogP contribution in [0.3, 0.4) is 0 Å². The van der Waals surface area contributed by atoms with E-state index in [1.54, 1.807) is 18.2 Å². The Bertz CT molecular complexity index is 1170. The van der Waals surface area contributed by atoms with E-state index in [9.17, 15) is 19.7 Å². The second kappa shape index (κ2) is 8.57. The van der Waals surface area contributed by atoms with Crippen molar-refractivity contribution in [2.75, 3.05) is 17.7 Å². The number of anilines is 2. The van der Waals surface area contributed by atoms with Gasteiger partial charge in [0.2, 0.25) is 0 Å². The normalized spacial score (nSPS) is 12.2. The molecule has 1 aliphatic carbocycles. The predicted octanol–water partition coefficient (Wildman–Crippen LogP) is 4.66. The molecule has 0 radical (unpaired) electrons. The number of rotatable bonds is 6. The van der Waals surface area contributed by atoms with Gasteiger partial charge >= 0.3 is 0 Å². The van der Waals surface area contributed by atoms with Crippen LogP contribution in [-0.4, -0.2) is 23.8 Å². The van der Waals surface area contributed by atoms with Crippen LogP contribution in [0.1, 0.15) is 37.6 Å². The van der Waals surface area contributed by atoms with Gasteiger partial charge in [0, 0.05) is 22.6 Å². The zero-order valence-corrected chi connectivity index (χ0v) is 17.5. The first-order chi connectivity index (χ1) is 15.0. The number of nitro groups is 1. The lowest BCUT2D eigenvalue weighted by Gasteiger charge is -2.12. The molecule has 9 heteroatoms. The van der Waals surface area contributed by atoms with E-state index >= 15 is 0 Å². The van der Waals surface area contributed by atoms with Gasteiger partial charge < -0.3 is 15.4 Å². The molecular formula is C22H19N3O5S. The van der Waals surface area contributed by atoms with Gasteiger partial charge in [-0.15, -0.1) is 11.3 Å². The van der Waals surface area contributed by atoms with Crippen LogP contribution < -0.4 is 15.4 Å². The highest BCUT2D eigenvalue weighted by atomic mass is 32.1. The van der Waals surface area contributed by atoms with Gasteiger partial charge in [0.1, 0.15) is 10.8 Å². The first-order valence-electron chi connectivity index (χ1n) is 9.62. The van der Waals surface area contributed by atoms with Gasteiger partial charge in [-0.3, -0.25) is 19.7 Å². The molecule has 0 spiro atoms. The predicted molar refractivity (Wildman–Crippen MR) is 118 cm³/mol. The molecule has 0 fully saturated rings. The van der Waals surface area contributed by atoms with E-state index in [1.165, 1.54) is 42.7 Å². The number of methoxy groups -OCH3 is 1. The molecule has 0 aliphatic heterocycles. The van der Waals surface area contributed by atoms with Crippen molar-refractivity contribution < 1.29 is 19.2 Å². The van der Waals surface area contributed by atoms with Crippen molar-refractivity contribution in [3.05, 3.63) is 80.2 Å². The molecule has 0 bridgehead atoms. The first-order valence-corrected chi connectivity index (χ1v) is 10.4. The van der Waals surface area contributed by atoms with E-state index in [0.717, 1.165) is 29.7 Å². The van der Waals surface area contributed by atoms with Gasteiger partial charge in [-0.1, -0.05) is 12.1 Å². The summed E-state index contributed by atoms with van der Waals surface area (Å²) in [6, 6.07) is 12.5. The van der Waals surface area contributed by atoms with Crippen LogP contribution in [0.2, 0.25) is 0 Å². The second-order valence-corrected chi connectivity index (χ2v) is 8.08. The highest BCUT2D eigenvalue weighted by molar-refractivity contribution is 7.17. The number of ether oxygens (including phenoxy) is 1. The Morgan fingerprint density at radius 2 is 1.77 bits per heavy atom. The Morgan fingerprint density at radius 1 is 1.03 bits per heavy atom. The van der Waals surface area contributed by atoms with Gasteiger partial charge in [0.15, 0.2) is 0 Å². The number of non-ortho nitro benzene ring substituents is 1. The molecule has 31 heavy (non-hydrogen) atoms. The summed E-state index contributed by atoms with van der Waals surface area (Å²) in [5.41, 5.74) is 2.13. The standard InChI is InChI=1S/C22H19N3O5S/c1-30-17-7-3-2-6-16(17)23-21(27)19-15-5-4-8-18(15)31-22(19)24-20(26)13-9-11-14(12-10-13)25(28)29/h2-3,6-7,9-12H,4-5,8H2,1H3,(H,23,27)(H,24,26). The molecule has 3 aromatic rings. The number of hydrogen-bond acceptors (Lipinski definition) is 6. The Labute approximate surface area is 182 Å². The van der Waals surface area contributed by atoms with E-state index < -0.39 is 10.8 Å². The summed E-state index contributed by atoms with van der Waals surface area (Å²) < 4.78 is 5.31. The topological polar surface area (TPSA) is 111 Å². The number of fused-ring (bicyclic) bond motifs is 1. The molecule has 1 heterocycles. The molecule has 1 aliphatic rings. The van der Waals surface area contributed by atoms with E-state index in [2.05, 4.69) is 10.6 Å². The second-order valence-electron chi connectivity index (χ2n) is 6.97. The van der Waals surface area contributed by atoms with Crippen LogP contribution in [0.25, 0.3) is 0 Å². The number of carbonyl (C=O) groups excluding carboxylic acids is 2. The number of nitrogens with one attached hydrogen (secondary N) is 2. The minimum absolute atomic E-state index is 0.0940. The largest absolute Gasteiger partial charge is 0.495 e. The zero-order chi connectivity index (χ0) is 22.0. The number of hydrogen-bond donors (Lipinski definition) is 2. The Balaban J connectivity index is 1.61. The minimum Gasteiger partial charge on any atom is -0.495 e. The van der Waals surface area contributed by atoms with Crippen LogP contribution in [-0.2, 0) is 12.8 Å². The lowest BCUT2D eigenvalue weighted by molar-refractivity contribution is -0.384. The molecule has 8 nitrogen and oxygen atoms in total. The molecule has 0 atom stereocenters. The quantitative estimate of drug-likeness (QED) is 0.430. The Kier molecular flexibility index (Phi) is 5.68. The SMILES string of the molecule is COc1ccccc1NC(=O)c1c(NC(=O)c2ccc([N+](=O)[O-])cc2)sc2c1CCC2. The van der Waals surface area contributed by atoms with E-state index in [-0.39, 0.29) is 17.2 Å². The first kappa shape index (κ1) is 20.5. The van der Waals surface area contributed by atoms with Crippen molar-refractivity contribution in [2.45, 2.75) is 19.3 Å². The fourth-order valence-corrected chi connectivity index (χ4v) is 4.86. The van der Waals surface area contributed by atoms with Crippen LogP contribution >= 0.6 is 11.3 Å². The molecular weight excluding hydrogens is 418 g/mol. The van der Waals surface area contributed by atoms with Crippen molar-refractivity contribution in [2.24, 2.45) is 0 Å². The summed E-state index contributed by atoms with van der Waals surface area (Å²) in [6.07, 6.45) is 2.60. The van der Waals surface area contributed by atoms with Crippen LogP contribution in [0.5, 0.6) is 5.75 Å². The highest BCUT2D eigenvalue weighted by Crippen LogP contribution is 2.40. The zero-order valence-electron chi connectivity index (χ0n) is 16.6. The third-order valence-corrected chi connectivity index (χ3v) is 6.28. The third-order valence-electron chi connectivity index (χ3n) is 5.07. The number of thiophene rings is 1. The van der Waals surface area contributed by atoms with Crippen molar-refractivity contribution in [1.29, 1.82) is 0 Å². The maximum absolute atomic E-state index is 13.2. The number of aryl methyl sites for hydroxylation is 1. The van der Waals surface area contributed by atoms with Gasteiger partial charge in [-0.2, -0.15) is 0 Å². The average Bonchev–Trinajstić information content (AvgIpc) is 3.34. The molecule has 2 amide bonds. The number of nitrogens with zero attached hydrogens (tertiary/aromatic N) is 1. The van der Waals surface area contributed by atoms with Crippen molar-refractivity contribution in [3.63, 3.8) is 0 Å². The van der Waals surface area contributed by atoms with Gasteiger partial charge in [0.05, 0.1) is 23.3 Å². The summed E-state index contributed by atoms with van der Waals surface area (Å²) >= 11 is 1.40. The molecule has 4 rings (SSSR count). The van der Waals surface area contributed by atoms with Gasteiger partial charge in [-0.25, -0.2) is 0 Å².